The summed E-state index contributed by atoms with van der Waals surface area (Å²) in [5, 5.41) is 9.61. The quantitative estimate of drug-likeness (QED) is 0.379. The molecule has 3 rings (SSSR count). The average Bonchev–Trinajstić information content (AvgIpc) is 3.06. The summed E-state index contributed by atoms with van der Waals surface area (Å²) in [6.45, 7) is 2.79. The molecule has 28 heavy (non-hydrogen) atoms. The number of carbonyl (C=O) groups excluding carboxylic acids is 1. The van der Waals surface area contributed by atoms with Crippen LogP contribution in [0.2, 0.25) is 5.02 Å². The predicted molar refractivity (Wildman–Crippen MR) is 109 cm³/mol. The van der Waals surface area contributed by atoms with Crippen molar-refractivity contribution < 1.29 is 14.3 Å². The lowest BCUT2D eigenvalue weighted by molar-refractivity contribution is 0.102. The molecule has 0 amide bonds. The van der Waals surface area contributed by atoms with E-state index in [0.717, 1.165) is 5.75 Å². The third kappa shape index (κ3) is 5.27. The van der Waals surface area contributed by atoms with E-state index in [2.05, 4.69) is 10.2 Å². The van der Waals surface area contributed by atoms with E-state index < -0.39 is 0 Å². The number of aromatic nitrogens is 3. The van der Waals surface area contributed by atoms with Gasteiger partial charge in [-0.2, -0.15) is 0 Å². The first kappa shape index (κ1) is 20.2. The predicted octanol–water partition coefficient (Wildman–Crippen LogP) is 4.42. The molecule has 1 aromatic heterocycles. The number of benzene rings is 2. The Bertz CT molecular complexity index is 927. The minimum absolute atomic E-state index is 0.0232. The largest absolute Gasteiger partial charge is 0.494 e. The van der Waals surface area contributed by atoms with Crippen LogP contribution in [0.5, 0.6) is 11.5 Å². The van der Waals surface area contributed by atoms with Gasteiger partial charge in [0.1, 0.15) is 18.1 Å². The van der Waals surface area contributed by atoms with Crippen molar-refractivity contribution in [1.29, 1.82) is 0 Å². The van der Waals surface area contributed by atoms with Crippen LogP contribution in [0.25, 0.3) is 0 Å². The van der Waals surface area contributed by atoms with Crippen molar-refractivity contribution in [3.05, 3.63) is 64.9 Å². The zero-order chi connectivity index (χ0) is 19.9. The van der Waals surface area contributed by atoms with Gasteiger partial charge in [-0.15, -0.1) is 10.2 Å². The van der Waals surface area contributed by atoms with E-state index in [1.54, 1.807) is 48.5 Å². The Balaban J connectivity index is 1.54. The SMILES string of the molecule is CCOc1ccc(C(=O)CSc2nnc(COc3ccc(Cl)cc3)n2C)cc1. The maximum Gasteiger partial charge on any atom is 0.191 e. The number of rotatable bonds is 9. The summed E-state index contributed by atoms with van der Waals surface area (Å²) in [6.07, 6.45) is 0. The number of hydrogen-bond donors (Lipinski definition) is 0. The molecule has 0 unspecified atom stereocenters. The highest BCUT2D eigenvalue weighted by molar-refractivity contribution is 7.99. The smallest absolute Gasteiger partial charge is 0.191 e. The van der Waals surface area contributed by atoms with E-state index in [4.69, 9.17) is 21.1 Å². The van der Waals surface area contributed by atoms with Crippen molar-refractivity contribution in [3.8, 4) is 11.5 Å². The molecule has 1 heterocycles. The molecule has 3 aromatic rings. The maximum atomic E-state index is 12.4. The molecule has 0 saturated heterocycles. The lowest BCUT2D eigenvalue weighted by Gasteiger charge is -2.07. The Kier molecular flexibility index (Phi) is 6.95. The molecule has 6 nitrogen and oxygen atoms in total. The molecule has 0 aliphatic rings. The molecule has 0 aliphatic heterocycles. The van der Waals surface area contributed by atoms with Crippen LogP contribution < -0.4 is 9.47 Å². The second-order valence-corrected chi connectivity index (χ2v) is 7.25. The first-order valence-electron chi connectivity index (χ1n) is 8.72. The Morgan fingerprint density at radius 2 is 1.68 bits per heavy atom. The molecule has 0 aliphatic carbocycles. The highest BCUT2D eigenvalue weighted by Gasteiger charge is 2.13. The van der Waals surface area contributed by atoms with Gasteiger partial charge in [-0.25, -0.2) is 0 Å². The summed E-state index contributed by atoms with van der Waals surface area (Å²) in [5.41, 5.74) is 0.643. The van der Waals surface area contributed by atoms with Gasteiger partial charge in [0.25, 0.3) is 0 Å². The molecule has 0 saturated carbocycles. The van der Waals surface area contributed by atoms with Crippen molar-refractivity contribution in [3.63, 3.8) is 0 Å². The molecule has 0 radical (unpaired) electrons. The van der Waals surface area contributed by atoms with Gasteiger partial charge >= 0.3 is 0 Å². The number of ketones is 1. The first-order valence-corrected chi connectivity index (χ1v) is 10.1. The monoisotopic (exact) mass is 417 g/mol. The van der Waals surface area contributed by atoms with Gasteiger partial charge in [0.05, 0.1) is 12.4 Å². The van der Waals surface area contributed by atoms with Crippen molar-refractivity contribution in [2.75, 3.05) is 12.4 Å². The summed E-state index contributed by atoms with van der Waals surface area (Å²) in [6, 6.07) is 14.3. The second-order valence-electron chi connectivity index (χ2n) is 5.87. The Labute approximate surface area is 172 Å². The molecular formula is C20H20ClN3O3S. The van der Waals surface area contributed by atoms with Gasteiger partial charge in [0, 0.05) is 17.6 Å². The molecule has 0 bridgehead atoms. The highest BCUT2D eigenvalue weighted by atomic mass is 35.5. The Morgan fingerprint density at radius 3 is 2.36 bits per heavy atom. The van der Waals surface area contributed by atoms with E-state index in [-0.39, 0.29) is 18.1 Å². The summed E-state index contributed by atoms with van der Waals surface area (Å²) in [4.78, 5) is 12.4. The van der Waals surface area contributed by atoms with Gasteiger partial charge in [0.15, 0.2) is 16.8 Å². The van der Waals surface area contributed by atoms with Crippen LogP contribution in [0, 0.1) is 0 Å². The van der Waals surface area contributed by atoms with E-state index in [1.807, 2.05) is 18.5 Å². The standard InChI is InChI=1S/C20H20ClN3O3S/c1-3-26-16-8-4-14(5-9-16)18(25)13-28-20-23-22-19(24(20)2)12-27-17-10-6-15(21)7-11-17/h4-11H,3,12-13H2,1-2H3. The fourth-order valence-corrected chi connectivity index (χ4v) is 3.34. The second kappa shape index (κ2) is 9.61. The summed E-state index contributed by atoms with van der Waals surface area (Å²) in [7, 11) is 1.85. The number of halogens is 1. The summed E-state index contributed by atoms with van der Waals surface area (Å²) < 4.78 is 12.9. The zero-order valence-electron chi connectivity index (χ0n) is 15.6. The number of ether oxygens (including phenoxy) is 2. The Hall–Kier alpha value is -2.51. The van der Waals surface area contributed by atoms with Crippen LogP contribution in [-0.4, -0.2) is 32.9 Å². The average molecular weight is 418 g/mol. The molecule has 146 valence electrons. The minimum Gasteiger partial charge on any atom is -0.494 e. The topological polar surface area (TPSA) is 66.2 Å². The highest BCUT2D eigenvalue weighted by Crippen LogP contribution is 2.20. The third-order valence-electron chi connectivity index (χ3n) is 3.93. The van der Waals surface area contributed by atoms with E-state index in [0.29, 0.717) is 33.9 Å². The van der Waals surface area contributed by atoms with Crippen LogP contribution in [0.3, 0.4) is 0 Å². The first-order chi connectivity index (χ1) is 13.6. The van der Waals surface area contributed by atoms with E-state index in [1.165, 1.54) is 11.8 Å². The van der Waals surface area contributed by atoms with Gasteiger partial charge < -0.3 is 14.0 Å². The van der Waals surface area contributed by atoms with Crippen LogP contribution >= 0.6 is 23.4 Å². The van der Waals surface area contributed by atoms with Crippen LogP contribution in [-0.2, 0) is 13.7 Å². The van der Waals surface area contributed by atoms with Crippen molar-refractivity contribution >= 4 is 29.1 Å². The number of nitrogens with zero attached hydrogens (tertiary/aromatic N) is 3. The van der Waals surface area contributed by atoms with Crippen LogP contribution in [0.1, 0.15) is 23.1 Å². The van der Waals surface area contributed by atoms with E-state index >= 15 is 0 Å². The van der Waals surface area contributed by atoms with Gasteiger partial charge in [-0.3, -0.25) is 4.79 Å². The molecule has 8 heteroatoms. The van der Waals surface area contributed by atoms with Crippen LogP contribution in [0.4, 0.5) is 0 Å². The molecule has 2 aromatic carbocycles. The Morgan fingerprint density at radius 1 is 1.04 bits per heavy atom. The molecule has 0 spiro atoms. The lowest BCUT2D eigenvalue weighted by Crippen LogP contribution is -2.06. The number of Topliss-reactive ketones (excluding diaryl/α,β-unsaturated/α-hetero) is 1. The van der Waals surface area contributed by atoms with Gasteiger partial charge in [-0.1, -0.05) is 23.4 Å². The van der Waals surface area contributed by atoms with Gasteiger partial charge in [0.2, 0.25) is 0 Å². The van der Waals surface area contributed by atoms with E-state index in [9.17, 15) is 4.79 Å². The van der Waals surface area contributed by atoms with Crippen molar-refractivity contribution in [1.82, 2.24) is 14.8 Å². The summed E-state index contributed by atoms with van der Waals surface area (Å²) >= 11 is 7.21. The molecule has 0 N–H and O–H groups in total. The summed E-state index contributed by atoms with van der Waals surface area (Å²) in [5.74, 6) is 2.43. The maximum absolute atomic E-state index is 12.4. The number of hydrogen-bond acceptors (Lipinski definition) is 6. The number of thioether (sulfide) groups is 1. The lowest BCUT2D eigenvalue weighted by atomic mass is 10.1. The molecular weight excluding hydrogens is 398 g/mol. The minimum atomic E-state index is 0.0232. The fraction of sp³-hybridized carbons (Fsp3) is 0.250. The number of carbonyl (C=O) groups is 1. The van der Waals surface area contributed by atoms with Gasteiger partial charge in [-0.05, 0) is 55.5 Å². The molecule has 0 fully saturated rings. The zero-order valence-corrected chi connectivity index (χ0v) is 17.2. The normalized spacial score (nSPS) is 10.7. The third-order valence-corrected chi connectivity index (χ3v) is 5.20. The van der Waals surface area contributed by atoms with Crippen molar-refractivity contribution in [2.45, 2.75) is 18.7 Å². The molecule has 0 atom stereocenters. The van der Waals surface area contributed by atoms with Crippen molar-refractivity contribution in [2.24, 2.45) is 7.05 Å². The van der Waals surface area contributed by atoms with Crippen LogP contribution in [0.15, 0.2) is 53.7 Å². The fourth-order valence-electron chi connectivity index (χ4n) is 2.39.